The Morgan fingerprint density at radius 3 is 2.20 bits per heavy atom. The van der Waals surface area contributed by atoms with Crippen molar-refractivity contribution in [3.05, 3.63) is 53.1 Å². The summed E-state index contributed by atoms with van der Waals surface area (Å²) >= 11 is 5.97. The number of hydrogen-bond acceptors (Lipinski definition) is 3. The van der Waals surface area contributed by atoms with Crippen LogP contribution in [0.1, 0.15) is 19.4 Å². The number of aryl methyl sites for hydroxylation is 1. The molecule has 2 rings (SSSR count). The van der Waals surface area contributed by atoms with Gasteiger partial charge < -0.3 is 15.4 Å². The predicted molar refractivity (Wildman–Crippen MR) is 100 cm³/mol. The highest BCUT2D eigenvalue weighted by Crippen LogP contribution is 2.25. The van der Waals surface area contributed by atoms with Gasteiger partial charge in [0.05, 0.1) is 7.11 Å². The molecule has 0 aliphatic carbocycles. The number of anilines is 2. The Bertz CT molecular complexity index is 786. The number of amides is 2. The number of nitrogens with one attached hydrogen (secondary N) is 2. The van der Waals surface area contributed by atoms with E-state index in [-0.39, 0.29) is 0 Å². The number of hydrogen-bond donors (Lipinski definition) is 2. The van der Waals surface area contributed by atoms with Crippen molar-refractivity contribution in [2.45, 2.75) is 20.8 Å². The number of methoxy groups -OCH3 is 1. The molecule has 2 amide bonds. The smallest absolute Gasteiger partial charge is 0.239 e. The van der Waals surface area contributed by atoms with E-state index >= 15 is 0 Å². The maximum absolute atomic E-state index is 12.6. The first-order chi connectivity index (χ1) is 11.7. The van der Waals surface area contributed by atoms with Crippen molar-refractivity contribution >= 4 is 34.8 Å². The van der Waals surface area contributed by atoms with E-state index in [9.17, 15) is 9.59 Å². The Morgan fingerprint density at radius 1 is 1.00 bits per heavy atom. The molecule has 0 unspecified atom stereocenters. The SMILES string of the molecule is COc1ccc(NC(=O)C(C)(C)C(=O)Nc2cc(Cl)ccc2C)cc1. The van der Waals surface area contributed by atoms with Crippen molar-refractivity contribution in [1.29, 1.82) is 0 Å². The van der Waals surface area contributed by atoms with Crippen LogP contribution in [-0.4, -0.2) is 18.9 Å². The third kappa shape index (κ3) is 4.51. The second-order valence-electron chi connectivity index (χ2n) is 6.22. The summed E-state index contributed by atoms with van der Waals surface area (Å²) in [6.45, 7) is 5.00. The number of benzene rings is 2. The molecule has 0 aliphatic rings. The Labute approximate surface area is 152 Å². The first kappa shape index (κ1) is 18.8. The van der Waals surface area contributed by atoms with Gasteiger partial charge in [-0.3, -0.25) is 9.59 Å². The maximum atomic E-state index is 12.6. The maximum Gasteiger partial charge on any atom is 0.239 e. The van der Waals surface area contributed by atoms with E-state index in [1.807, 2.05) is 13.0 Å². The molecule has 0 heterocycles. The number of carbonyl (C=O) groups excluding carboxylic acids is 2. The molecule has 0 spiro atoms. The van der Waals surface area contributed by atoms with Crippen molar-refractivity contribution in [3.8, 4) is 5.75 Å². The highest BCUT2D eigenvalue weighted by Gasteiger charge is 2.36. The quantitative estimate of drug-likeness (QED) is 0.783. The van der Waals surface area contributed by atoms with E-state index in [2.05, 4.69) is 10.6 Å². The summed E-state index contributed by atoms with van der Waals surface area (Å²) < 4.78 is 5.08. The van der Waals surface area contributed by atoms with Crippen LogP contribution >= 0.6 is 11.6 Å². The van der Waals surface area contributed by atoms with E-state index in [1.165, 1.54) is 0 Å². The van der Waals surface area contributed by atoms with Crippen molar-refractivity contribution in [2.24, 2.45) is 5.41 Å². The number of rotatable bonds is 5. The lowest BCUT2D eigenvalue weighted by molar-refractivity contribution is -0.135. The molecule has 0 atom stereocenters. The van der Waals surface area contributed by atoms with Crippen LogP contribution in [0.3, 0.4) is 0 Å². The zero-order chi connectivity index (χ0) is 18.6. The van der Waals surface area contributed by atoms with Crippen LogP contribution in [-0.2, 0) is 9.59 Å². The van der Waals surface area contributed by atoms with Crippen molar-refractivity contribution in [2.75, 3.05) is 17.7 Å². The molecule has 0 fully saturated rings. The molecular formula is C19H21ClN2O3. The Kier molecular flexibility index (Phi) is 5.69. The molecule has 2 aromatic rings. The van der Waals surface area contributed by atoms with Gasteiger partial charge in [-0.2, -0.15) is 0 Å². The van der Waals surface area contributed by atoms with Gasteiger partial charge >= 0.3 is 0 Å². The van der Waals surface area contributed by atoms with Gasteiger partial charge in [-0.1, -0.05) is 17.7 Å². The van der Waals surface area contributed by atoms with Gasteiger partial charge in [0.1, 0.15) is 11.2 Å². The number of ether oxygens (including phenoxy) is 1. The molecule has 0 saturated heterocycles. The summed E-state index contributed by atoms with van der Waals surface area (Å²) in [5.41, 5.74) is 0.770. The van der Waals surface area contributed by atoms with Gasteiger partial charge in [0.15, 0.2) is 0 Å². The third-order valence-corrected chi connectivity index (χ3v) is 4.17. The highest BCUT2D eigenvalue weighted by molar-refractivity contribution is 6.31. The molecule has 2 N–H and O–H groups in total. The third-order valence-electron chi connectivity index (χ3n) is 3.93. The van der Waals surface area contributed by atoms with E-state index in [0.29, 0.717) is 22.1 Å². The zero-order valence-electron chi connectivity index (χ0n) is 14.6. The molecular weight excluding hydrogens is 340 g/mol. The van der Waals surface area contributed by atoms with Crippen LogP contribution in [0.15, 0.2) is 42.5 Å². The highest BCUT2D eigenvalue weighted by atomic mass is 35.5. The molecule has 25 heavy (non-hydrogen) atoms. The van der Waals surface area contributed by atoms with Crippen LogP contribution < -0.4 is 15.4 Å². The molecule has 0 saturated carbocycles. The zero-order valence-corrected chi connectivity index (χ0v) is 15.4. The van der Waals surface area contributed by atoms with E-state index in [0.717, 1.165) is 5.56 Å². The number of carbonyl (C=O) groups is 2. The molecule has 5 nitrogen and oxygen atoms in total. The monoisotopic (exact) mass is 360 g/mol. The molecule has 132 valence electrons. The first-order valence-electron chi connectivity index (χ1n) is 7.77. The predicted octanol–water partition coefficient (Wildman–Crippen LogP) is 4.26. The summed E-state index contributed by atoms with van der Waals surface area (Å²) in [5.74, 6) is -0.134. The van der Waals surface area contributed by atoms with E-state index in [1.54, 1.807) is 57.4 Å². The van der Waals surface area contributed by atoms with Crippen LogP contribution in [0.2, 0.25) is 5.02 Å². The van der Waals surface area contributed by atoms with Crippen LogP contribution in [0, 0.1) is 12.3 Å². The van der Waals surface area contributed by atoms with Gasteiger partial charge in [-0.05, 0) is 62.7 Å². The van der Waals surface area contributed by atoms with Gasteiger partial charge in [0.2, 0.25) is 11.8 Å². The molecule has 6 heteroatoms. The van der Waals surface area contributed by atoms with Crippen LogP contribution in [0.4, 0.5) is 11.4 Å². The summed E-state index contributed by atoms with van der Waals surface area (Å²) in [7, 11) is 1.57. The minimum Gasteiger partial charge on any atom is -0.497 e. The lowest BCUT2D eigenvalue weighted by atomic mass is 9.90. The standard InChI is InChI=1S/C19H21ClN2O3/c1-12-5-6-13(20)11-16(12)22-18(24)19(2,3)17(23)21-14-7-9-15(25-4)10-8-14/h5-11H,1-4H3,(H,21,23)(H,22,24). The van der Waals surface area contributed by atoms with Gasteiger partial charge in [-0.15, -0.1) is 0 Å². The molecule has 2 aromatic carbocycles. The minimum atomic E-state index is -1.27. The molecule has 0 radical (unpaired) electrons. The minimum absolute atomic E-state index is 0.408. The first-order valence-corrected chi connectivity index (χ1v) is 8.15. The van der Waals surface area contributed by atoms with E-state index in [4.69, 9.17) is 16.3 Å². The average Bonchev–Trinajstić information content (AvgIpc) is 2.58. The second kappa shape index (κ2) is 7.57. The second-order valence-corrected chi connectivity index (χ2v) is 6.66. The lowest BCUT2D eigenvalue weighted by Gasteiger charge is -2.23. The average molecular weight is 361 g/mol. The summed E-state index contributed by atoms with van der Waals surface area (Å²) in [5, 5.41) is 6.03. The van der Waals surface area contributed by atoms with E-state index < -0.39 is 17.2 Å². The summed E-state index contributed by atoms with van der Waals surface area (Å²) in [6, 6.07) is 12.1. The van der Waals surface area contributed by atoms with Crippen LogP contribution in [0.5, 0.6) is 5.75 Å². The van der Waals surface area contributed by atoms with Crippen molar-refractivity contribution in [3.63, 3.8) is 0 Å². The fourth-order valence-corrected chi connectivity index (χ4v) is 2.24. The molecule has 0 aliphatic heterocycles. The largest absolute Gasteiger partial charge is 0.497 e. The fourth-order valence-electron chi connectivity index (χ4n) is 2.07. The van der Waals surface area contributed by atoms with Crippen molar-refractivity contribution < 1.29 is 14.3 Å². The Balaban J connectivity index is 2.11. The normalized spacial score (nSPS) is 10.9. The molecule has 0 aromatic heterocycles. The Hall–Kier alpha value is -2.53. The lowest BCUT2D eigenvalue weighted by Crippen LogP contribution is -2.41. The summed E-state index contributed by atoms with van der Waals surface area (Å²) in [6.07, 6.45) is 0. The van der Waals surface area contributed by atoms with Gasteiger partial charge in [0, 0.05) is 16.4 Å². The topological polar surface area (TPSA) is 67.4 Å². The fraction of sp³-hybridized carbons (Fsp3) is 0.263. The Morgan fingerprint density at radius 2 is 1.60 bits per heavy atom. The van der Waals surface area contributed by atoms with Crippen molar-refractivity contribution in [1.82, 2.24) is 0 Å². The number of halogens is 1. The molecule has 0 bridgehead atoms. The van der Waals surface area contributed by atoms with Crippen LogP contribution in [0.25, 0.3) is 0 Å². The van der Waals surface area contributed by atoms with Gasteiger partial charge in [0.25, 0.3) is 0 Å². The summed E-state index contributed by atoms with van der Waals surface area (Å²) in [4.78, 5) is 25.1. The van der Waals surface area contributed by atoms with Gasteiger partial charge in [-0.25, -0.2) is 0 Å².